The molecule has 6 heteroatoms. The molecule has 0 radical (unpaired) electrons. The summed E-state index contributed by atoms with van der Waals surface area (Å²) in [5.74, 6) is 0.786. The van der Waals surface area contributed by atoms with Crippen molar-refractivity contribution in [2.75, 3.05) is 24.7 Å². The van der Waals surface area contributed by atoms with Crippen LogP contribution in [0.1, 0.15) is 30.1 Å². The molecule has 0 aromatic carbocycles. The Morgan fingerprint density at radius 3 is 3.21 bits per heavy atom. The first kappa shape index (κ1) is 14.1. The summed E-state index contributed by atoms with van der Waals surface area (Å²) in [6.45, 7) is 2.95. The van der Waals surface area contributed by atoms with Crippen LogP contribution in [0.15, 0.2) is 17.2 Å². The van der Waals surface area contributed by atoms with Gasteiger partial charge in [-0.3, -0.25) is 0 Å². The van der Waals surface area contributed by atoms with E-state index >= 15 is 0 Å². The van der Waals surface area contributed by atoms with E-state index in [9.17, 15) is 4.79 Å². The lowest BCUT2D eigenvalue weighted by molar-refractivity contribution is 0.0522. The minimum atomic E-state index is -0.355. The molecule has 1 unspecified atom stereocenters. The van der Waals surface area contributed by atoms with E-state index in [1.165, 1.54) is 0 Å². The van der Waals surface area contributed by atoms with Crippen LogP contribution >= 0.6 is 11.8 Å². The Morgan fingerprint density at radius 1 is 1.68 bits per heavy atom. The molecule has 19 heavy (non-hydrogen) atoms. The van der Waals surface area contributed by atoms with Gasteiger partial charge in [0.05, 0.1) is 18.3 Å². The highest BCUT2D eigenvalue weighted by atomic mass is 32.2. The summed E-state index contributed by atoms with van der Waals surface area (Å²) in [6.07, 6.45) is 4.07. The minimum Gasteiger partial charge on any atom is -0.462 e. The SMILES string of the molecule is CCOC(=O)c1cc(N)ncc1SCC1CCCO1. The van der Waals surface area contributed by atoms with Crippen molar-refractivity contribution in [2.24, 2.45) is 0 Å². The molecule has 1 aliphatic rings. The summed E-state index contributed by atoms with van der Waals surface area (Å²) in [5, 5.41) is 0. The van der Waals surface area contributed by atoms with Gasteiger partial charge < -0.3 is 15.2 Å². The predicted molar refractivity (Wildman–Crippen MR) is 74.3 cm³/mol. The molecule has 0 spiro atoms. The van der Waals surface area contributed by atoms with Crippen molar-refractivity contribution >= 4 is 23.5 Å². The lowest BCUT2D eigenvalue weighted by atomic mass is 10.2. The maximum Gasteiger partial charge on any atom is 0.339 e. The number of carbonyl (C=O) groups is 1. The number of rotatable bonds is 5. The van der Waals surface area contributed by atoms with E-state index in [0.29, 0.717) is 18.0 Å². The van der Waals surface area contributed by atoms with E-state index in [2.05, 4.69) is 4.98 Å². The number of hydrogen-bond donors (Lipinski definition) is 1. The van der Waals surface area contributed by atoms with Gasteiger partial charge in [0.1, 0.15) is 5.82 Å². The summed E-state index contributed by atoms with van der Waals surface area (Å²) < 4.78 is 10.6. The van der Waals surface area contributed by atoms with Crippen molar-refractivity contribution in [1.29, 1.82) is 0 Å². The molecule has 0 amide bonds. The lowest BCUT2D eigenvalue weighted by Crippen LogP contribution is -2.11. The van der Waals surface area contributed by atoms with E-state index < -0.39 is 0 Å². The maximum absolute atomic E-state index is 11.9. The van der Waals surface area contributed by atoms with Gasteiger partial charge in [-0.15, -0.1) is 11.8 Å². The van der Waals surface area contributed by atoms with Crippen LogP contribution in [0.3, 0.4) is 0 Å². The fraction of sp³-hybridized carbons (Fsp3) is 0.538. The first-order valence-corrected chi connectivity index (χ1v) is 7.36. The number of nitrogen functional groups attached to an aromatic ring is 1. The average Bonchev–Trinajstić information content (AvgIpc) is 2.90. The van der Waals surface area contributed by atoms with Gasteiger partial charge in [0, 0.05) is 23.5 Å². The number of ether oxygens (including phenoxy) is 2. The van der Waals surface area contributed by atoms with Gasteiger partial charge in [-0.1, -0.05) is 0 Å². The molecule has 1 fully saturated rings. The van der Waals surface area contributed by atoms with E-state index in [1.807, 2.05) is 0 Å². The molecule has 1 atom stereocenters. The number of hydrogen-bond acceptors (Lipinski definition) is 6. The molecule has 1 aromatic heterocycles. The molecule has 0 bridgehead atoms. The highest BCUT2D eigenvalue weighted by Gasteiger charge is 2.19. The molecule has 2 heterocycles. The third kappa shape index (κ3) is 3.84. The van der Waals surface area contributed by atoms with E-state index in [4.69, 9.17) is 15.2 Å². The molecule has 5 nitrogen and oxygen atoms in total. The molecular weight excluding hydrogens is 264 g/mol. The number of thioether (sulfide) groups is 1. The van der Waals surface area contributed by atoms with Crippen molar-refractivity contribution in [2.45, 2.75) is 30.8 Å². The Bertz CT molecular complexity index is 448. The van der Waals surface area contributed by atoms with Crippen LogP contribution in [0, 0.1) is 0 Å². The van der Waals surface area contributed by atoms with E-state index in [0.717, 1.165) is 30.1 Å². The number of aromatic nitrogens is 1. The summed E-state index contributed by atoms with van der Waals surface area (Å²) in [6, 6.07) is 1.57. The van der Waals surface area contributed by atoms with Gasteiger partial charge >= 0.3 is 5.97 Å². The maximum atomic E-state index is 11.9. The van der Waals surface area contributed by atoms with Gasteiger partial charge in [0.15, 0.2) is 0 Å². The Balaban J connectivity index is 2.07. The second-order valence-electron chi connectivity index (χ2n) is 4.27. The van der Waals surface area contributed by atoms with Crippen molar-refractivity contribution < 1.29 is 14.3 Å². The van der Waals surface area contributed by atoms with Crippen LogP contribution in [0.5, 0.6) is 0 Å². The fourth-order valence-corrected chi connectivity index (χ4v) is 2.95. The van der Waals surface area contributed by atoms with Crippen LogP contribution in [-0.2, 0) is 9.47 Å². The molecule has 0 aliphatic carbocycles. The topological polar surface area (TPSA) is 74.4 Å². The predicted octanol–water partition coefficient (Wildman–Crippen LogP) is 2.11. The fourth-order valence-electron chi connectivity index (χ4n) is 1.90. The smallest absolute Gasteiger partial charge is 0.339 e. The van der Waals surface area contributed by atoms with Gasteiger partial charge in [0.2, 0.25) is 0 Å². The molecule has 0 saturated carbocycles. The second-order valence-corrected chi connectivity index (χ2v) is 5.33. The first-order valence-electron chi connectivity index (χ1n) is 6.37. The number of nitrogens with two attached hydrogens (primary N) is 1. The second kappa shape index (κ2) is 6.77. The Hall–Kier alpha value is -1.27. The van der Waals surface area contributed by atoms with E-state index in [-0.39, 0.29) is 12.1 Å². The molecule has 2 rings (SSSR count). The Kier molecular flexibility index (Phi) is 5.04. The third-order valence-corrected chi connectivity index (χ3v) is 4.01. The Labute approximate surface area is 116 Å². The van der Waals surface area contributed by atoms with Crippen molar-refractivity contribution in [1.82, 2.24) is 4.98 Å². The van der Waals surface area contributed by atoms with E-state index in [1.54, 1.807) is 30.9 Å². The largest absolute Gasteiger partial charge is 0.462 e. The number of nitrogens with zero attached hydrogens (tertiary/aromatic N) is 1. The minimum absolute atomic E-state index is 0.262. The number of anilines is 1. The van der Waals surface area contributed by atoms with Crippen LogP contribution < -0.4 is 5.73 Å². The van der Waals surface area contributed by atoms with Crippen LogP contribution in [0.25, 0.3) is 0 Å². The summed E-state index contributed by atoms with van der Waals surface area (Å²) in [7, 11) is 0. The number of carbonyl (C=O) groups excluding carboxylic acids is 1. The molecular formula is C13H18N2O3S. The molecule has 1 aliphatic heterocycles. The van der Waals surface area contributed by atoms with Gasteiger partial charge in [-0.05, 0) is 25.8 Å². The number of pyridine rings is 1. The zero-order valence-corrected chi connectivity index (χ0v) is 11.7. The summed E-state index contributed by atoms with van der Waals surface area (Å²) >= 11 is 1.56. The first-order chi connectivity index (χ1) is 9.20. The normalized spacial score (nSPS) is 18.5. The van der Waals surface area contributed by atoms with Crippen molar-refractivity contribution in [3.63, 3.8) is 0 Å². The third-order valence-electron chi connectivity index (χ3n) is 2.83. The molecule has 104 valence electrons. The van der Waals surface area contributed by atoms with Crippen LogP contribution in [-0.4, -0.2) is 36.0 Å². The Morgan fingerprint density at radius 2 is 2.53 bits per heavy atom. The quantitative estimate of drug-likeness (QED) is 0.658. The monoisotopic (exact) mass is 282 g/mol. The van der Waals surface area contributed by atoms with Crippen LogP contribution in [0.4, 0.5) is 5.82 Å². The van der Waals surface area contributed by atoms with Gasteiger partial charge in [0.25, 0.3) is 0 Å². The van der Waals surface area contributed by atoms with Gasteiger partial charge in [-0.25, -0.2) is 9.78 Å². The molecule has 1 aromatic rings. The standard InChI is InChI=1S/C13H18N2O3S/c1-2-17-13(16)10-6-12(14)15-7-11(10)19-8-9-4-3-5-18-9/h6-7,9H,2-5,8H2,1H3,(H2,14,15). The zero-order chi connectivity index (χ0) is 13.7. The van der Waals surface area contributed by atoms with Crippen LogP contribution in [0.2, 0.25) is 0 Å². The lowest BCUT2D eigenvalue weighted by Gasteiger charge is -2.11. The van der Waals surface area contributed by atoms with Crippen molar-refractivity contribution in [3.05, 3.63) is 17.8 Å². The summed E-state index contributed by atoms with van der Waals surface area (Å²) in [4.78, 5) is 16.7. The highest BCUT2D eigenvalue weighted by molar-refractivity contribution is 7.99. The number of esters is 1. The molecule has 2 N–H and O–H groups in total. The highest BCUT2D eigenvalue weighted by Crippen LogP contribution is 2.27. The average molecular weight is 282 g/mol. The zero-order valence-electron chi connectivity index (χ0n) is 10.9. The summed E-state index contributed by atoms with van der Waals surface area (Å²) in [5.41, 5.74) is 6.11. The van der Waals surface area contributed by atoms with Gasteiger partial charge in [-0.2, -0.15) is 0 Å². The van der Waals surface area contributed by atoms with Crippen molar-refractivity contribution in [3.8, 4) is 0 Å². The molecule has 1 saturated heterocycles.